The predicted octanol–water partition coefficient (Wildman–Crippen LogP) is 0.339. The van der Waals surface area contributed by atoms with E-state index in [2.05, 4.69) is 16.0 Å². The molecule has 1 amide bonds. The van der Waals surface area contributed by atoms with Crippen LogP contribution in [0.15, 0.2) is 12.7 Å². The summed E-state index contributed by atoms with van der Waals surface area (Å²) in [5.74, 6) is -0.885. The number of rotatable bonds is 7. The zero-order chi connectivity index (χ0) is 18.3. The Balaban J connectivity index is 2.16. The molecule has 0 aromatic rings. The molecule has 2 rings (SSSR count). The summed E-state index contributed by atoms with van der Waals surface area (Å²) in [4.78, 5) is 25.3. The number of allylic oxidation sites excluding steroid dienone is 1. The van der Waals surface area contributed by atoms with Gasteiger partial charge in [0.15, 0.2) is 5.78 Å². The first-order valence-electron chi connectivity index (χ1n) is 7.77. The lowest BCUT2D eigenvalue weighted by atomic mass is 9.88. The number of nitrogens with zero attached hydrogens (tertiary/aromatic N) is 1. The summed E-state index contributed by atoms with van der Waals surface area (Å²) in [7, 11) is 0.486. The fourth-order valence-electron chi connectivity index (χ4n) is 3.63. The van der Waals surface area contributed by atoms with E-state index in [0.29, 0.717) is 13.0 Å². The smallest absolute Gasteiger partial charge is 0.240 e. The van der Waals surface area contributed by atoms with Gasteiger partial charge in [0, 0.05) is 26.0 Å². The molecule has 0 bridgehead atoms. The van der Waals surface area contributed by atoms with E-state index in [1.807, 2.05) is 16.3 Å². The maximum Gasteiger partial charge on any atom is 0.240 e. The molecule has 2 unspecified atom stereocenters. The zero-order valence-electron chi connectivity index (χ0n) is 14.2. The fraction of sp³-hybridized carbons (Fsp3) is 0.733. The van der Waals surface area contributed by atoms with Crippen molar-refractivity contribution in [2.24, 2.45) is 17.3 Å². The summed E-state index contributed by atoms with van der Waals surface area (Å²) in [5, 5.41) is 0. The lowest BCUT2D eigenvalue weighted by Gasteiger charge is -2.24. The van der Waals surface area contributed by atoms with Gasteiger partial charge in [0.25, 0.3) is 0 Å². The van der Waals surface area contributed by atoms with Gasteiger partial charge in [-0.3, -0.25) is 19.0 Å². The van der Waals surface area contributed by atoms with Gasteiger partial charge in [0.1, 0.15) is 0 Å². The largest absolute Gasteiger partial charge is 0.380 e. The molecule has 1 saturated carbocycles. The van der Waals surface area contributed by atoms with Crippen LogP contribution in [0.3, 0.4) is 0 Å². The number of Topliss-reactive ketones (excluding diaryl/α,β-unsaturated/α-hetero) is 1. The number of hydrogen-bond donors (Lipinski definition) is 1. The SMILES string of the molecule is C=C[C@@H]1C[C@]1(CC(=O)[C@@H]1C(C)[C@@H](OC)CN1P)C(=O)NS(C)(=O)=O. The van der Waals surface area contributed by atoms with Gasteiger partial charge in [-0.15, -0.1) is 6.58 Å². The number of ketones is 1. The third-order valence-corrected chi connectivity index (χ3v) is 6.19. The van der Waals surface area contributed by atoms with E-state index in [4.69, 9.17) is 4.74 Å². The second kappa shape index (κ2) is 6.83. The summed E-state index contributed by atoms with van der Waals surface area (Å²) in [6.07, 6.45) is 2.94. The van der Waals surface area contributed by atoms with E-state index in [0.717, 1.165) is 6.26 Å². The van der Waals surface area contributed by atoms with Crippen LogP contribution in [0.2, 0.25) is 0 Å². The molecule has 1 N–H and O–H groups in total. The van der Waals surface area contributed by atoms with Crippen molar-refractivity contribution in [1.82, 2.24) is 9.39 Å². The summed E-state index contributed by atoms with van der Waals surface area (Å²) in [5.41, 5.74) is -1.00. The first-order chi connectivity index (χ1) is 11.1. The van der Waals surface area contributed by atoms with Gasteiger partial charge in [-0.2, -0.15) is 0 Å². The maximum atomic E-state index is 12.8. The van der Waals surface area contributed by atoms with Gasteiger partial charge < -0.3 is 4.74 Å². The molecule has 9 heteroatoms. The fourth-order valence-corrected chi connectivity index (χ4v) is 4.82. The van der Waals surface area contributed by atoms with E-state index < -0.39 is 21.3 Å². The molecule has 6 atom stereocenters. The molecule has 2 fully saturated rings. The van der Waals surface area contributed by atoms with Gasteiger partial charge in [-0.25, -0.2) is 8.42 Å². The number of methoxy groups -OCH3 is 1. The first-order valence-corrected chi connectivity index (χ1v) is 10.2. The number of nitrogens with one attached hydrogen (secondary N) is 1. The highest BCUT2D eigenvalue weighted by Gasteiger charge is 2.60. The lowest BCUT2D eigenvalue weighted by Crippen LogP contribution is -2.41. The molecule has 24 heavy (non-hydrogen) atoms. The molecule has 136 valence electrons. The molecule has 1 saturated heterocycles. The monoisotopic (exact) mass is 376 g/mol. The standard InChI is InChI=1S/C15H25N2O5PS/c1-5-10-6-15(10,14(19)16-24(4,20)21)7-11(18)13-9(2)12(22-3)8-17(13)23/h5,9-10,12-13H,1,6-8,23H2,2-4H3,(H,16,19)/t9?,10-,12+,13+,15-/m1/s1. The summed E-state index contributed by atoms with van der Waals surface area (Å²) >= 11 is 0. The van der Waals surface area contributed by atoms with Crippen LogP contribution >= 0.6 is 9.39 Å². The van der Waals surface area contributed by atoms with Crippen molar-refractivity contribution in [3.63, 3.8) is 0 Å². The third kappa shape index (κ3) is 3.72. The van der Waals surface area contributed by atoms with Crippen LogP contribution in [0.25, 0.3) is 0 Å². The van der Waals surface area contributed by atoms with E-state index in [1.165, 1.54) is 0 Å². The summed E-state index contributed by atoms with van der Waals surface area (Å²) in [6.45, 7) is 6.25. The van der Waals surface area contributed by atoms with Gasteiger partial charge >= 0.3 is 0 Å². The Kier molecular flexibility index (Phi) is 5.55. The Morgan fingerprint density at radius 3 is 2.54 bits per heavy atom. The minimum atomic E-state index is -3.67. The topological polar surface area (TPSA) is 92.8 Å². The van der Waals surface area contributed by atoms with Crippen LogP contribution in [0.5, 0.6) is 0 Å². The maximum absolute atomic E-state index is 12.8. The molecule has 1 aliphatic heterocycles. The van der Waals surface area contributed by atoms with Crippen molar-refractivity contribution in [3.05, 3.63) is 12.7 Å². The number of carbonyl (C=O) groups is 2. The van der Waals surface area contributed by atoms with Gasteiger partial charge in [0.2, 0.25) is 15.9 Å². The van der Waals surface area contributed by atoms with Crippen molar-refractivity contribution in [1.29, 1.82) is 0 Å². The number of hydrogen-bond acceptors (Lipinski definition) is 6. The Bertz CT molecular complexity index is 652. The minimum absolute atomic E-state index is 0.00137. The zero-order valence-corrected chi connectivity index (χ0v) is 16.2. The number of carbonyl (C=O) groups excluding carboxylic acids is 2. The van der Waals surface area contributed by atoms with Crippen molar-refractivity contribution < 1.29 is 22.7 Å². The number of sulfonamides is 1. The quantitative estimate of drug-likeness (QED) is 0.509. The molecule has 2 aliphatic rings. The van der Waals surface area contributed by atoms with Gasteiger partial charge in [-0.1, -0.05) is 22.4 Å². The predicted molar refractivity (Wildman–Crippen MR) is 93.5 cm³/mol. The number of ether oxygens (including phenoxy) is 1. The van der Waals surface area contributed by atoms with Crippen molar-refractivity contribution >= 4 is 31.1 Å². The van der Waals surface area contributed by atoms with Crippen molar-refractivity contribution in [3.8, 4) is 0 Å². The van der Waals surface area contributed by atoms with Gasteiger partial charge in [0.05, 0.1) is 23.8 Å². The molecule has 0 radical (unpaired) electrons. The highest BCUT2D eigenvalue weighted by atomic mass is 32.2. The van der Waals surface area contributed by atoms with Gasteiger partial charge in [-0.05, 0) is 12.3 Å². The molecule has 1 aliphatic carbocycles. The Morgan fingerprint density at radius 1 is 1.50 bits per heavy atom. The molecular weight excluding hydrogens is 351 g/mol. The second-order valence-electron chi connectivity index (χ2n) is 6.82. The van der Waals surface area contributed by atoms with Crippen LogP contribution < -0.4 is 4.72 Å². The van der Waals surface area contributed by atoms with E-state index >= 15 is 0 Å². The molecule has 0 aromatic heterocycles. The van der Waals surface area contributed by atoms with Crippen LogP contribution in [0.4, 0.5) is 0 Å². The minimum Gasteiger partial charge on any atom is -0.380 e. The first kappa shape index (κ1) is 19.5. The van der Waals surface area contributed by atoms with Crippen molar-refractivity contribution in [2.45, 2.75) is 31.9 Å². The van der Waals surface area contributed by atoms with E-state index in [1.54, 1.807) is 13.2 Å². The van der Waals surface area contributed by atoms with Crippen LogP contribution in [-0.2, 0) is 24.3 Å². The second-order valence-corrected chi connectivity index (χ2v) is 9.24. The van der Waals surface area contributed by atoms with Crippen molar-refractivity contribution in [2.75, 3.05) is 19.9 Å². The highest BCUT2D eigenvalue weighted by Crippen LogP contribution is 2.57. The average Bonchev–Trinajstić information content (AvgIpc) is 3.09. The van der Waals surface area contributed by atoms with Crippen LogP contribution in [-0.4, -0.2) is 56.8 Å². The molecule has 0 aromatic carbocycles. The molecule has 1 heterocycles. The van der Waals surface area contributed by atoms with E-state index in [-0.39, 0.29) is 36.2 Å². The van der Waals surface area contributed by atoms with E-state index in [9.17, 15) is 18.0 Å². The molecule has 7 nitrogen and oxygen atoms in total. The lowest BCUT2D eigenvalue weighted by molar-refractivity contribution is -0.131. The molecular formula is C15H25N2O5PS. The highest BCUT2D eigenvalue weighted by molar-refractivity contribution is 7.89. The average molecular weight is 376 g/mol. The normalized spacial score (nSPS) is 36.3. The Morgan fingerprint density at radius 2 is 2.12 bits per heavy atom. The Labute approximate surface area is 145 Å². The summed E-state index contributed by atoms with van der Waals surface area (Å²) < 4.78 is 32.0. The molecule has 0 spiro atoms. The Hall–Kier alpha value is -0.820. The summed E-state index contributed by atoms with van der Waals surface area (Å²) in [6, 6.07) is -0.367. The third-order valence-electron chi connectivity index (χ3n) is 5.10. The van der Waals surface area contributed by atoms with Crippen LogP contribution in [0.1, 0.15) is 19.8 Å². The van der Waals surface area contributed by atoms with Crippen LogP contribution in [0, 0.1) is 17.3 Å². The number of amides is 1.